The number of anilines is 1. The van der Waals surface area contributed by atoms with Crippen LogP contribution in [0.25, 0.3) is 20.7 Å². The third kappa shape index (κ3) is 4.89. The second-order valence-corrected chi connectivity index (χ2v) is 10.0. The number of amides is 2. The van der Waals surface area contributed by atoms with E-state index < -0.39 is 53.2 Å². The van der Waals surface area contributed by atoms with Crippen LogP contribution < -0.4 is 11.1 Å². The predicted octanol–water partition coefficient (Wildman–Crippen LogP) is 5.36. The molecule has 0 spiro atoms. The minimum Gasteiger partial charge on any atom is -0.365 e. The van der Waals surface area contributed by atoms with Crippen molar-refractivity contribution in [2.75, 3.05) is 5.32 Å². The molecule has 0 aromatic carbocycles. The average molecular weight is 557 g/mol. The SMILES string of the molecule is Cc1ccc(-c2cc(C(F)F)nc3sc(C(N)=O)c(NC(=O)Cn4nc(C(F)F)c([N+](=O)[O-])c4C)c23)s1. The van der Waals surface area contributed by atoms with Gasteiger partial charge in [0.1, 0.15) is 27.6 Å². The first-order chi connectivity index (χ1) is 17.4. The number of fused-ring (bicyclic) bond motifs is 1. The minimum absolute atomic E-state index is 0.0221. The molecular formula is C21H16F4N6O4S2. The maximum Gasteiger partial charge on any atom is 0.319 e. The molecule has 0 saturated heterocycles. The first-order valence-electron chi connectivity index (χ1n) is 10.3. The van der Waals surface area contributed by atoms with Crippen molar-refractivity contribution in [2.24, 2.45) is 5.73 Å². The second-order valence-electron chi connectivity index (χ2n) is 7.74. The Bertz CT molecular complexity index is 1560. The molecule has 4 aromatic heterocycles. The number of aromatic nitrogens is 3. The standard InChI is InChI=1S/C21H16F4N6O4S2/c1-7-3-4-11(36-7)9-5-10(18(22)23)27-21-13(9)14(17(37-21)20(26)33)28-12(32)6-30-8(2)16(31(34)35)15(29-30)19(24)25/h3-5,18-19H,6H2,1-2H3,(H2,26,33)(H,28,32). The van der Waals surface area contributed by atoms with Gasteiger partial charge in [-0.25, -0.2) is 22.5 Å². The molecule has 0 bridgehead atoms. The molecule has 0 aliphatic rings. The lowest BCUT2D eigenvalue weighted by molar-refractivity contribution is -0.386. The van der Waals surface area contributed by atoms with Crippen molar-refractivity contribution < 1.29 is 32.1 Å². The summed E-state index contributed by atoms with van der Waals surface area (Å²) in [4.78, 5) is 40.5. The Morgan fingerprint density at radius 1 is 1.19 bits per heavy atom. The summed E-state index contributed by atoms with van der Waals surface area (Å²) >= 11 is 1.99. The largest absolute Gasteiger partial charge is 0.365 e. The van der Waals surface area contributed by atoms with E-state index in [4.69, 9.17) is 5.73 Å². The van der Waals surface area contributed by atoms with Crippen molar-refractivity contribution in [3.05, 3.63) is 55.1 Å². The van der Waals surface area contributed by atoms with Gasteiger partial charge in [-0.1, -0.05) is 0 Å². The highest BCUT2D eigenvalue weighted by atomic mass is 32.1. The minimum atomic E-state index is -3.25. The quantitative estimate of drug-likeness (QED) is 0.170. The molecule has 2 amide bonds. The summed E-state index contributed by atoms with van der Waals surface area (Å²) in [5, 5.41) is 17.4. The lowest BCUT2D eigenvalue weighted by Gasteiger charge is -2.10. The number of rotatable bonds is 8. The molecule has 4 heterocycles. The van der Waals surface area contributed by atoms with E-state index in [-0.39, 0.29) is 32.0 Å². The van der Waals surface area contributed by atoms with Gasteiger partial charge >= 0.3 is 5.69 Å². The van der Waals surface area contributed by atoms with Crippen molar-refractivity contribution in [2.45, 2.75) is 33.2 Å². The fourth-order valence-corrected chi connectivity index (χ4v) is 5.60. The highest BCUT2D eigenvalue weighted by Gasteiger charge is 2.32. The smallest absolute Gasteiger partial charge is 0.319 e. The number of hydrogen-bond donors (Lipinski definition) is 2. The summed E-state index contributed by atoms with van der Waals surface area (Å²) in [6.45, 7) is 2.25. The van der Waals surface area contributed by atoms with Crippen LogP contribution in [0, 0.1) is 24.0 Å². The van der Waals surface area contributed by atoms with Gasteiger partial charge in [-0.3, -0.25) is 24.4 Å². The predicted molar refractivity (Wildman–Crippen MR) is 128 cm³/mol. The third-order valence-corrected chi connectivity index (χ3v) is 7.42. The molecule has 4 rings (SSSR count). The Morgan fingerprint density at radius 2 is 1.89 bits per heavy atom. The Kier molecular flexibility index (Phi) is 6.96. The van der Waals surface area contributed by atoms with Gasteiger partial charge in [-0.05, 0) is 32.0 Å². The van der Waals surface area contributed by atoms with Crippen LogP contribution in [0.2, 0.25) is 0 Å². The van der Waals surface area contributed by atoms with E-state index in [0.717, 1.165) is 22.5 Å². The molecule has 0 radical (unpaired) electrons. The first-order valence-corrected chi connectivity index (χ1v) is 11.9. The molecule has 10 nitrogen and oxygen atoms in total. The highest BCUT2D eigenvalue weighted by Crippen LogP contribution is 2.44. The Morgan fingerprint density at radius 3 is 2.41 bits per heavy atom. The molecular weight excluding hydrogens is 540 g/mol. The van der Waals surface area contributed by atoms with Crippen molar-refractivity contribution >= 4 is 56.1 Å². The summed E-state index contributed by atoms with van der Waals surface area (Å²) in [6.07, 6.45) is -6.17. The fourth-order valence-electron chi connectivity index (χ4n) is 3.70. The van der Waals surface area contributed by atoms with Gasteiger partial charge in [0.15, 0.2) is 0 Å². The zero-order valence-corrected chi connectivity index (χ0v) is 20.6. The molecule has 3 N–H and O–H groups in total. The van der Waals surface area contributed by atoms with Crippen molar-refractivity contribution in [1.82, 2.24) is 14.8 Å². The van der Waals surface area contributed by atoms with Gasteiger partial charge < -0.3 is 11.1 Å². The number of carbonyl (C=O) groups excluding carboxylic acids is 2. The number of primary amides is 1. The third-order valence-electron chi connectivity index (χ3n) is 5.28. The van der Waals surface area contributed by atoms with Crippen LogP contribution in [0.4, 0.5) is 28.9 Å². The number of carbonyl (C=O) groups is 2. The lowest BCUT2D eigenvalue weighted by Crippen LogP contribution is -2.22. The van der Waals surface area contributed by atoms with E-state index in [1.165, 1.54) is 11.3 Å². The summed E-state index contributed by atoms with van der Waals surface area (Å²) in [5.74, 6) is -1.84. The molecule has 0 saturated carbocycles. The van der Waals surface area contributed by atoms with Crippen LogP contribution >= 0.6 is 22.7 Å². The topological polar surface area (TPSA) is 146 Å². The number of nitrogens with zero attached hydrogens (tertiary/aromatic N) is 4. The number of pyridine rings is 1. The van der Waals surface area contributed by atoms with Gasteiger partial charge in [-0.2, -0.15) is 5.10 Å². The van der Waals surface area contributed by atoms with Crippen LogP contribution in [-0.2, 0) is 11.3 Å². The molecule has 37 heavy (non-hydrogen) atoms. The normalized spacial score (nSPS) is 11.6. The molecule has 0 fully saturated rings. The van der Waals surface area contributed by atoms with E-state index in [9.17, 15) is 37.3 Å². The molecule has 0 aliphatic heterocycles. The molecule has 0 aliphatic carbocycles. The number of aryl methyl sites for hydroxylation is 1. The monoisotopic (exact) mass is 556 g/mol. The number of nitrogens with two attached hydrogens (primary N) is 1. The van der Waals surface area contributed by atoms with Crippen molar-refractivity contribution in [3.63, 3.8) is 0 Å². The highest BCUT2D eigenvalue weighted by molar-refractivity contribution is 7.21. The zero-order chi connectivity index (χ0) is 27.2. The fraction of sp³-hybridized carbons (Fsp3) is 0.238. The van der Waals surface area contributed by atoms with E-state index in [1.807, 2.05) is 6.92 Å². The summed E-state index contributed by atoms with van der Waals surface area (Å²) < 4.78 is 54.4. The number of nitro groups is 1. The molecule has 194 valence electrons. The van der Waals surface area contributed by atoms with Gasteiger partial charge in [0, 0.05) is 20.7 Å². The van der Waals surface area contributed by atoms with Crippen LogP contribution in [0.1, 0.15) is 44.5 Å². The van der Waals surface area contributed by atoms with Crippen LogP contribution in [0.15, 0.2) is 18.2 Å². The number of halogens is 4. The Hall–Kier alpha value is -3.92. The van der Waals surface area contributed by atoms with Gasteiger partial charge in [0.25, 0.3) is 18.8 Å². The van der Waals surface area contributed by atoms with Gasteiger partial charge in [0.05, 0.1) is 10.6 Å². The number of thiophene rings is 2. The van der Waals surface area contributed by atoms with Crippen LogP contribution in [0.3, 0.4) is 0 Å². The maximum absolute atomic E-state index is 13.6. The summed E-state index contributed by atoms with van der Waals surface area (Å²) in [5.41, 5.74) is 2.84. The van der Waals surface area contributed by atoms with E-state index in [0.29, 0.717) is 16.2 Å². The summed E-state index contributed by atoms with van der Waals surface area (Å²) in [7, 11) is 0. The lowest BCUT2D eigenvalue weighted by atomic mass is 10.1. The van der Waals surface area contributed by atoms with E-state index in [1.54, 1.807) is 12.1 Å². The van der Waals surface area contributed by atoms with Gasteiger partial charge in [0.2, 0.25) is 11.6 Å². The maximum atomic E-state index is 13.6. The number of nitrogens with one attached hydrogen (secondary N) is 1. The Balaban J connectivity index is 1.82. The number of hydrogen-bond acceptors (Lipinski definition) is 8. The van der Waals surface area contributed by atoms with Crippen molar-refractivity contribution in [1.29, 1.82) is 0 Å². The Labute approximate surface area is 212 Å². The van der Waals surface area contributed by atoms with E-state index in [2.05, 4.69) is 15.4 Å². The average Bonchev–Trinajstić information content (AvgIpc) is 3.49. The summed E-state index contributed by atoms with van der Waals surface area (Å²) in [6, 6.07) is 4.61. The molecule has 0 unspecified atom stereocenters. The van der Waals surface area contributed by atoms with Crippen LogP contribution in [0.5, 0.6) is 0 Å². The molecule has 16 heteroatoms. The zero-order valence-electron chi connectivity index (χ0n) is 18.9. The van der Waals surface area contributed by atoms with E-state index >= 15 is 0 Å². The molecule has 4 aromatic rings. The van der Waals surface area contributed by atoms with Gasteiger partial charge in [-0.15, -0.1) is 22.7 Å². The first kappa shape index (κ1) is 26.2. The second kappa shape index (κ2) is 9.85. The van der Waals surface area contributed by atoms with Crippen molar-refractivity contribution in [3.8, 4) is 10.4 Å². The van der Waals surface area contributed by atoms with Crippen LogP contribution in [-0.4, -0.2) is 31.5 Å². The number of alkyl halides is 4. The molecule has 0 atom stereocenters.